The molecule has 7 heteroatoms. The summed E-state index contributed by atoms with van der Waals surface area (Å²) in [5, 5.41) is 9.47. The number of carbonyl (C=O) groups excluding carboxylic acids is 2. The van der Waals surface area contributed by atoms with Crippen LogP contribution in [-0.4, -0.2) is 36.4 Å². The van der Waals surface area contributed by atoms with E-state index < -0.39 is 11.8 Å². The fourth-order valence-corrected chi connectivity index (χ4v) is 3.80. The fourth-order valence-electron chi connectivity index (χ4n) is 2.73. The molecule has 3 rings (SSSR count). The van der Waals surface area contributed by atoms with E-state index in [1.54, 1.807) is 48.5 Å². The molecular formula is C19H16ClNO4S. The predicted molar refractivity (Wildman–Crippen MR) is 103 cm³/mol. The largest absolute Gasteiger partial charge is 0.496 e. The quantitative estimate of drug-likeness (QED) is 0.767. The van der Waals surface area contributed by atoms with Crippen molar-refractivity contribution >= 4 is 46.4 Å². The first-order valence-electron chi connectivity index (χ1n) is 7.84. The van der Waals surface area contributed by atoms with Gasteiger partial charge >= 0.3 is 0 Å². The molecule has 2 amide bonds. The van der Waals surface area contributed by atoms with Crippen LogP contribution in [0.25, 0.3) is 5.57 Å². The molecule has 5 nitrogen and oxygen atoms in total. The number of nitrogens with zero attached hydrogens (tertiary/aromatic N) is 1. The Hall–Kier alpha value is -2.28. The highest BCUT2D eigenvalue weighted by Crippen LogP contribution is 2.42. The minimum atomic E-state index is -0.465. The number of thioether (sulfide) groups is 1. The lowest BCUT2D eigenvalue weighted by molar-refractivity contribution is -0.119. The smallest absolute Gasteiger partial charge is 0.272 e. The number of amides is 2. The lowest BCUT2D eigenvalue weighted by atomic mass is 10.0. The van der Waals surface area contributed by atoms with Gasteiger partial charge < -0.3 is 9.84 Å². The third-order valence-electron chi connectivity index (χ3n) is 3.85. The second-order valence-corrected chi connectivity index (χ2v) is 6.89. The maximum Gasteiger partial charge on any atom is 0.272 e. The molecule has 2 aromatic carbocycles. The van der Waals surface area contributed by atoms with E-state index in [1.807, 2.05) is 0 Å². The molecule has 1 N–H and O–H groups in total. The molecule has 26 heavy (non-hydrogen) atoms. The summed E-state index contributed by atoms with van der Waals surface area (Å²) in [7, 11) is 1.51. The van der Waals surface area contributed by atoms with Crippen LogP contribution in [0, 0.1) is 0 Å². The van der Waals surface area contributed by atoms with E-state index in [4.69, 9.17) is 21.4 Å². The minimum Gasteiger partial charge on any atom is -0.496 e. The van der Waals surface area contributed by atoms with Crippen LogP contribution in [0.1, 0.15) is 5.56 Å². The van der Waals surface area contributed by atoms with Crippen molar-refractivity contribution in [2.75, 3.05) is 24.4 Å². The molecule has 0 atom stereocenters. The zero-order valence-electron chi connectivity index (χ0n) is 13.9. The Morgan fingerprint density at radius 2 is 1.77 bits per heavy atom. The van der Waals surface area contributed by atoms with Crippen molar-refractivity contribution in [3.05, 3.63) is 64.0 Å². The van der Waals surface area contributed by atoms with Gasteiger partial charge in [-0.3, -0.25) is 9.59 Å². The van der Waals surface area contributed by atoms with Gasteiger partial charge in [-0.2, -0.15) is 0 Å². The average Bonchev–Trinajstić information content (AvgIpc) is 2.90. The summed E-state index contributed by atoms with van der Waals surface area (Å²) in [4.78, 5) is 27.5. The number of benzene rings is 2. The van der Waals surface area contributed by atoms with Gasteiger partial charge in [0, 0.05) is 11.3 Å². The van der Waals surface area contributed by atoms with Crippen LogP contribution in [0.5, 0.6) is 5.75 Å². The van der Waals surface area contributed by atoms with E-state index in [-0.39, 0.29) is 17.1 Å². The van der Waals surface area contributed by atoms with Crippen molar-refractivity contribution in [3.8, 4) is 5.75 Å². The highest BCUT2D eigenvalue weighted by molar-refractivity contribution is 8.04. The highest BCUT2D eigenvalue weighted by Gasteiger charge is 2.41. The molecule has 0 spiro atoms. The number of carbonyl (C=O) groups is 2. The van der Waals surface area contributed by atoms with E-state index in [9.17, 15) is 9.59 Å². The lowest BCUT2D eigenvalue weighted by Gasteiger charge is -2.16. The predicted octanol–water partition coefficient (Wildman–Crippen LogP) is 3.36. The number of anilines is 1. The molecule has 2 aromatic rings. The maximum absolute atomic E-state index is 13.2. The number of methoxy groups -OCH3 is 1. The van der Waals surface area contributed by atoms with Crippen LogP contribution in [0.2, 0.25) is 5.02 Å². The first-order valence-corrected chi connectivity index (χ1v) is 9.21. The normalized spacial score (nSPS) is 14.3. The van der Waals surface area contributed by atoms with Crippen molar-refractivity contribution in [1.82, 2.24) is 0 Å². The van der Waals surface area contributed by atoms with Crippen molar-refractivity contribution in [2.45, 2.75) is 0 Å². The fraction of sp³-hybridized carbons (Fsp3) is 0.158. The van der Waals surface area contributed by atoms with Crippen molar-refractivity contribution < 1.29 is 19.4 Å². The van der Waals surface area contributed by atoms with Crippen LogP contribution in [0.4, 0.5) is 5.69 Å². The van der Waals surface area contributed by atoms with E-state index in [1.165, 1.54) is 7.11 Å². The Kier molecular flexibility index (Phi) is 5.66. The van der Waals surface area contributed by atoms with Gasteiger partial charge in [0.2, 0.25) is 0 Å². The zero-order valence-corrected chi connectivity index (χ0v) is 15.5. The monoisotopic (exact) mass is 389 g/mol. The number of imide groups is 1. The molecule has 134 valence electrons. The molecular weight excluding hydrogens is 374 g/mol. The van der Waals surface area contributed by atoms with Crippen molar-refractivity contribution in [1.29, 1.82) is 0 Å². The number of hydrogen-bond donors (Lipinski definition) is 1. The number of halogens is 1. The Labute approximate surface area is 160 Å². The molecule has 1 aliphatic rings. The lowest BCUT2D eigenvalue weighted by Crippen LogP contribution is -2.31. The van der Waals surface area contributed by atoms with Crippen LogP contribution in [0.3, 0.4) is 0 Å². The summed E-state index contributed by atoms with van der Waals surface area (Å²) in [6.07, 6.45) is 0. The summed E-state index contributed by atoms with van der Waals surface area (Å²) >= 11 is 7.34. The Morgan fingerprint density at radius 1 is 1.08 bits per heavy atom. The van der Waals surface area contributed by atoms with Crippen molar-refractivity contribution in [2.24, 2.45) is 0 Å². The number of rotatable bonds is 6. The first-order chi connectivity index (χ1) is 12.6. The first kappa shape index (κ1) is 18.5. The standard InChI is InChI=1S/C19H16ClNO4S/c1-25-15-9-5-2-6-12(15)16-17(26-11-10-22)19(24)21(18(16)23)14-8-4-3-7-13(14)20/h2-9,22H,10-11H2,1H3. The third kappa shape index (κ3) is 3.23. The molecule has 0 aromatic heterocycles. The third-order valence-corrected chi connectivity index (χ3v) is 5.22. The molecule has 0 fully saturated rings. The topological polar surface area (TPSA) is 66.8 Å². The number of ether oxygens (including phenoxy) is 1. The molecule has 0 aliphatic carbocycles. The van der Waals surface area contributed by atoms with Gasteiger partial charge in [0.1, 0.15) is 5.75 Å². The SMILES string of the molecule is COc1ccccc1C1=C(SCCO)C(=O)N(c2ccccc2Cl)C1=O. The molecule has 1 heterocycles. The van der Waals surface area contributed by atoms with E-state index in [0.717, 1.165) is 16.7 Å². The number of hydrogen-bond acceptors (Lipinski definition) is 5. The zero-order chi connectivity index (χ0) is 18.7. The average molecular weight is 390 g/mol. The Bertz CT molecular complexity index is 897. The highest BCUT2D eigenvalue weighted by atomic mass is 35.5. The van der Waals surface area contributed by atoms with Gasteiger partial charge in [-0.15, -0.1) is 11.8 Å². The summed E-state index contributed by atoms with van der Waals surface area (Å²) in [5.41, 5.74) is 1.12. The molecule has 0 saturated heterocycles. The van der Waals surface area contributed by atoms with E-state index in [2.05, 4.69) is 0 Å². The van der Waals surface area contributed by atoms with Gasteiger partial charge in [-0.25, -0.2) is 4.90 Å². The Balaban J connectivity index is 2.15. The van der Waals surface area contributed by atoms with E-state index in [0.29, 0.717) is 27.8 Å². The van der Waals surface area contributed by atoms with Crippen molar-refractivity contribution in [3.63, 3.8) is 0 Å². The summed E-state index contributed by atoms with van der Waals surface area (Å²) < 4.78 is 5.36. The van der Waals surface area contributed by atoms with E-state index >= 15 is 0 Å². The summed E-state index contributed by atoms with van der Waals surface area (Å²) in [6, 6.07) is 13.7. The number of aliphatic hydroxyl groups excluding tert-OH is 1. The van der Waals surface area contributed by atoms with Crippen LogP contribution in [0.15, 0.2) is 53.4 Å². The Morgan fingerprint density at radius 3 is 2.46 bits per heavy atom. The molecule has 0 bridgehead atoms. The second kappa shape index (κ2) is 7.95. The van der Waals surface area contributed by atoms with Crippen LogP contribution >= 0.6 is 23.4 Å². The minimum absolute atomic E-state index is 0.110. The maximum atomic E-state index is 13.2. The van der Waals surface area contributed by atoms with Crippen LogP contribution in [-0.2, 0) is 9.59 Å². The number of aliphatic hydroxyl groups is 1. The molecule has 0 saturated carbocycles. The van der Waals surface area contributed by atoms with Crippen LogP contribution < -0.4 is 9.64 Å². The molecule has 0 unspecified atom stereocenters. The van der Waals surface area contributed by atoms with Gasteiger partial charge in [0.25, 0.3) is 11.8 Å². The summed E-state index contributed by atoms with van der Waals surface area (Å²) in [5.74, 6) is -0.133. The van der Waals surface area contributed by atoms with Gasteiger partial charge in [0.15, 0.2) is 0 Å². The second-order valence-electron chi connectivity index (χ2n) is 5.37. The molecule has 1 aliphatic heterocycles. The van der Waals surface area contributed by atoms with Gasteiger partial charge in [-0.1, -0.05) is 41.9 Å². The van der Waals surface area contributed by atoms with Gasteiger partial charge in [0.05, 0.1) is 34.9 Å². The molecule has 0 radical (unpaired) electrons. The number of para-hydroxylation sites is 2. The summed E-state index contributed by atoms with van der Waals surface area (Å²) in [6.45, 7) is -0.110. The van der Waals surface area contributed by atoms with Gasteiger partial charge in [-0.05, 0) is 18.2 Å².